The number of aromatic nitrogens is 1. The fraction of sp³-hybridized carbons (Fsp3) is 0.235. The standard InChI is InChI=1S/C17H18FN3O2/c1-3-11(2)20-17(23)15-9-12(7-8-19-15)16(22)21-14-6-4-5-13(18)10-14/h4-11H,3H2,1-2H3,(H,20,23)(H,21,22). The van der Waals surface area contributed by atoms with Crippen molar-refractivity contribution in [3.63, 3.8) is 0 Å². The molecule has 0 radical (unpaired) electrons. The largest absolute Gasteiger partial charge is 0.348 e. The molecule has 0 aliphatic heterocycles. The van der Waals surface area contributed by atoms with Crippen molar-refractivity contribution in [1.29, 1.82) is 0 Å². The van der Waals surface area contributed by atoms with Gasteiger partial charge in [-0.3, -0.25) is 14.6 Å². The molecule has 0 bridgehead atoms. The van der Waals surface area contributed by atoms with Gasteiger partial charge in [-0.25, -0.2) is 4.39 Å². The van der Waals surface area contributed by atoms with Crippen molar-refractivity contribution in [2.24, 2.45) is 0 Å². The van der Waals surface area contributed by atoms with Crippen molar-refractivity contribution < 1.29 is 14.0 Å². The highest BCUT2D eigenvalue weighted by Crippen LogP contribution is 2.11. The van der Waals surface area contributed by atoms with Crippen LogP contribution < -0.4 is 10.6 Å². The third-order valence-corrected chi connectivity index (χ3v) is 3.33. The van der Waals surface area contributed by atoms with Crippen LogP contribution in [0.1, 0.15) is 41.1 Å². The molecule has 2 aromatic rings. The van der Waals surface area contributed by atoms with Gasteiger partial charge in [-0.2, -0.15) is 0 Å². The summed E-state index contributed by atoms with van der Waals surface area (Å²) in [6.07, 6.45) is 2.19. The molecule has 5 nitrogen and oxygen atoms in total. The summed E-state index contributed by atoms with van der Waals surface area (Å²) < 4.78 is 13.1. The van der Waals surface area contributed by atoms with Crippen LogP contribution in [0.15, 0.2) is 42.6 Å². The van der Waals surface area contributed by atoms with E-state index in [2.05, 4.69) is 15.6 Å². The summed E-state index contributed by atoms with van der Waals surface area (Å²) in [5.74, 6) is -1.21. The summed E-state index contributed by atoms with van der Waals surface area (Å²) in [5.41, 5.74) is 0.785. The summed E-state index contributed by atoms with van der Waals surface area (Å²) >= 11 is 0. The molecular weight excluding hydrogens is 297 g/mol. The minimum atomic E-state index is -0.439. The van der Waals surface area contributed by atoms with E-state index >= 15 is 0 Å². The third kappa shape index (κ3) is 4.60. The Labute approximate surface area is 133 Å². The van der Waals surface area contributed by atoms with Gasteiger partial charge in [0, 0.05) is 23.5 Å². The van der Waals surface area contributed by atoms with E-state index in [1.54, 1.807) is 6.07 Å². The lowest BCUT2D eigenvalue weighted by Gasteiger charge is -2.11. The molecule has 2 rings (SSSR count). The zero-order chi connectivity index (χ0) is 16.8. The Morgan fingerprint density at radius 1 is 1.22 bits per heavy atom. The van der Waals surface area contributed by atoms with Gasteiger partial charge in [-0.1, -0.05) is 13.0 Å². The zero-order valence-corrected chi connectivity index (χ0v) is 13.0. The molecule has 0 spiro atoms. The second kappa shape index (κ2) is 7.49. The van der Waals surface area contributed by atoms with Crippen LogP contribution in [-0.2, 0) is 0 Å². The molecule has 120 valence electrons. The predicted octanol–water partition coefficient (Wildman–Crippen LogP) is 3.00. The van der Waals surface area contributed by atoms with Crippen LogP contribution in [0.5, 0.6) is 0 Å². The average Bonchev–Trinajstić information content (AvgIpc) is 2.54. The van der Waals surface area contributed by atoms with E-state index in [1.165, 1.54) is 36.5 Å². The first-order valence-corrected chi connectivity index (χ1v) is 7.33. The lowest BCUT2D eigenvalue weighted by molar-refractivity contribution is 0.0934. The van der Waals surface area contributed by atoms with Crippen molar-refractivity contribution in [3.05, 3.63) is 59.7 Å². The smallest absolute Gasteiger partial charge is 0.270 e. The van der Waals surface area contributed by atoms with Gasteiger partial charge in [-0.05, 0) is 43.7 Å². The highest BCUT2D eigenvalue weighted by molar-refractivity contribution is 6.05. The Morgan fingerprint density at radius 2 is 2.00 bits per heavy atom. The first-order chi connectivity index (χ1) is 11.0. The molecule has 1 aromatic heterocycles. The van der Waals surface area contributed by atoms with Gasteiger partial charge in [0.1, 0.15) is 11.5 Å². The highest BCUT2D eigenvalue weighted by atomic mass is 19.1. The zero-order valence-electron chi connectivity index (χ0n) is 13.0. The molecule has 23 heavy (non-hydrogen) atoms. The number of nitrogens with zero attached hydrogens (tertiary/aromatic N) is 1. The first-order valence-electron chi connectivity index (χ1n) is 7.33. The lowest BCUT2D eigenvalue weighted by atomic mass is 10.2. The predicted molar refractivity (Wildman–Crippen MR) is 85.8 cm³/mol. The monoisotopic (exact) mass is 315 g/mol. The number of amides is 2. The van der Waals surface area contributed by atoms with E-state index in [9.17, 15) is 14.0 Å². The minimum absolute atomic E-state index is 0.0223. The number of hydrogen-bond acceptors (Lipinski definition) is 3. The van der Waals surface area contributed by atoms with Crippen molar-refractivity contribution in [2.75, 3.05) is 5.32 Å². The van der Waals surface area contributed by atoms with E-state index in [0.717, 1.165) is 6.42 Å². The molecule has 0 aliphatic rings. The first kappa shape index (κ1) is 16.6. The normalized spacial score (nSPS) is 11.6. The van der Waals surface area contributed by atoms with Crippen LogP contribution in [0.25, 0.3) is 0 Å². The molecule has 0 saturated heterocycles. The maximum atomic E-state index is 13.1. The lowest BCUT2D eigenvalue weighted by Crippen LogP contribution is -2.32. The molecule has 6 heteroatoms. The van der Waals surface area contributed by atoms with Gasteiger partial charge in [0.15, 0.2) is 0 Å². The van der Waals surface area contributed by atoms with Crippen LogP contribution >= 0.6 is 0 Å². The maximum Gasteiger partial charge on any atom is 0.270 e. The van der Waals surface area contributed by atoms with Gasteiger partial charge >= 0.3 is 0 Å². The number of anilines is 1. The molecule has 1 heterocycles. The van der Waals surface area contributed by atoms with Crippen LogP contribution in [0.2, 0.25) is 0 Å². The fourth-order valence-electron chi connectivity index (χ4n) is 1.87. The second-order valence-corrected chi connectivity index (χ2v) is 5.18. The quantitative estimate of drug-likeness (QED) is 0.891. The molecule has 2 N–H and O–H groups in total. The molecule has 1 aromatic carbocycles. The van der Waals surface area contributed by atoms with Gasteiger partial charge in [-0.15, -0.1) is 0 Å². The molecule has 0 saturated carbocycles. The van der Waals surface area contributed by atoms with Crippen molar-refractivity contribution in [3.8, 4) is 0 Å². The number of nitrogens with one attached hydrogen (secondary N) is 2. The molecule has 0 fully saturated rings. The number of halogens is 1. The number of pyridine rings is 1. The van der Waals surface area contributed by atoms with Crippen LogP contribution in [0.3, 0.4) is 0 Å². The Balaban J connectivity index is 2.12. The van der Waals surface area contributed by atoms with Crippen molar-refractivity contribution in [1.82, 2.24) is 10.3 Å². The molecular formula is C17H18FN3O2. The molecule has 0 aliphatic carbocycles. The van der Waals surface area contributed by atoms with Gasteiger partial charge in [0.25, 0.3) is 11.8 Å². The summed E-state index contributed by atoms with van der Waals surface area (Å²) in [6.45, 7) is 3.85. The van der Waals surface area contributed by atoms with Crippen molar-refractivity contribution >= 4 is 17.5 Å². The number of hydrogen-bond donors (Lipinski definition) is 2. The second-order valence-electron chi connectivity index (χ2n) is 5.18. The third-order valence-electron chi connectivity index (χ3n) is 3.33. The number of rotatable bonds is 5. The van der Waals surface area contributed by atoms with Crippen molar-refractivity contribution in [2.45, 2.75) is 26.3 Å². The fourth-order valence-corrected chi connectivity index (χ4v) is 1.87. The Hall–Kier alpha value is -2.76. The van der Waals surface area contributed by atoms with E-state index in [0.29, 0.717) is 5.69 Å². The molecule has 2 amide bonds. The number of carbonyl (C=O) groups excluding carboxylic acids is 2. The maximum absolute atomic E-state index is 13.1. The SMILES string of the molecule is CCC(C)NC(=O)c1cc(C(=O)Nc2cccc(F)c2)ccn1. The van der Waals surface area contributed by atoms with Gasteiger partial charge < -0.3 is 10.6 Å². The van der Waals surface area contributed by atoms with E-state index in [4.69, 9.17) is 0 Å². The average molecular weight is 315 g/mol. The Bertz CT molecular complexity index is 718. The number of carbonyl (C=O) groups is 2. The van der Waals surface area contributed by atoms with E-state index in [-0.39, 0.29) is 23.2 Å². The van der Waals surface area contributed by atoms with E-state index < -0.39 is 11.7 Å². The summed E-state index contributed by atoms with van der Waals surface area (Å²) in [6, 6.07) is 8.52. The highest BCUT2D eigenvalue weighted by Gasteiger charge is 2.13. The summed E-state index contributed by atoms with van der Waals surface area (Å²) in [4.78, 5) is 28.2. The molecule has 1 unspecified atom stereocenters. The van der Waals surface area contributed by atoms with Crippen LogP contribution in [0, 0.1) is 5.82 Å². The Morgan fingerprint density at radius 3 is 2.70 bits per heavy atom. The summed E-state index contributed by atoms with van der Waals surface area (Å²) in [5, 5.41) is 5.37. The summed E-state index contributed by atoms with van der Waals surface area (Å²) in [7, 11) is 0. The molecule has 1 atom stereocenters. The van der Waals surface area contributed by atoms with Gasteiger partial charge in [0.2, 0.25) is 0 Å². The Kier molecular flexibility index (Phi) is 5.41. The topological polar surface area (TPSA) is 71.1 Å². The number of benzene rings is 1. The van der Waals surface area contributed by atoms with Gasteiger partial charge in [0.05, 0.1) is 0 Å². The van der Waals surface area contributed by atoms with Crippen LogP contribution in [0.4, 0.5) is 10.1 Å². The van der Waals surface area contributed by atoms with E-state index in [1.807, 2.05) is 13.8 Å². The minimum Gasteiger partial charge on any atom is -0.348 e. The van der Waals surface area contributed by atoms with Crippen LogP contribution in [-0.4, -0.2) is 22.8 Å².